The number of pyridine rings is 1. The molecule has 3 aromatic heterocycles. The molecule has 0 radical (unpaired) electrons. The Hall–Kier alpha value is -3.06. The number of thiazole rings is 1. The van der Waals surface area contributed by atoms with Gasteiger partial charge in [-0.3, -0.25) is 9.78 Å². The van der Waals surface area contributed by atoms with Crippen LogP contribution < -0.4 is 14.8 Å². The molecule has 0 saturated carbocycles. The molecule has 0 N–H and O–H groups in total. The number of hydrogen-bond acceptors (Lipinski definition) is 6. The summed E-state index contributed by atoms with van der Waals surface area (Å²) in [4.78, 5) is 21.7. The van der Waals surface area contributed by atoms with Gasteiger partial charge in [-0.15, -0.1) is 5.10 Å². The molecule has 1 aromatic carbocycles. The first kappa shape index (κ1) is 18.3. The molecule has 4 aromatic rings. The molecule has 0 aliphatic rings. The van der Waals surface area contributed by atoms with Crippen molar-refractivity contribution in [2.24, 2.45) is 0 Å². The van der Waals surface area contributed by atoms with E-state index in [0.717, 1.165) is 29.9 Å². The first-order chi connectivity index (χ1) is 13.7. The van der Waals surface area contributed by atoms with Gasteiger partial charge in [0.1, 0.15) is 5.75 Å². The number of nitrogens with zero attached hydrogens (tertiary/aromatic N) is 4. The molecule has 0 spiro atoms. The van der Waals surface area contributed by atoms with Crippen molar-refractivity contribution >= 4 is 22.4 Å². The van der Waals surface area contributed by atoms with E-state index >= 15 is 0 Å². The third kappa shape index (κ3) is 3.94. The summed E-state index contributed by atoms with van der Waals surface area (Å²) >= 11 is 1.33. The van der Waals surface area contributed by atoms with Crippen molar-refractivity contribution in [1.82, 2.24) is 19.6 Å². The zero-order valence-electron chi connectivity index (χ0n) is 15.5. The normalized spacial score (nSPS) is 12.0. The highest BCUT2D eigenvalue weighted by Gasteiger charge is 2.11. The minimum absolute atomic E-state index is 0.164. The highest BCUT2D eigenvalue weighted by Crippen LogP contribution is 2.16. The first-order valence-electron chi connectivity index (χ1n) is 9.29. The van der Waals surface area contributed by atoms with Gasteiger partial charge in [-0.25, -0.2) is 0 Å². The predicted molar refractivity (Wildman–Crippen MR) is 111 cm³/mol. The fourth-order valence-electron chi connectivity index (χ4n) is 2.80. The van der Waals surface area contributed by atoms with E-state index in [2.05, 4.69) is 22.0 Å². The highest BCUT2D eigenvalue weighted by molar-refractivity contribution is 7.15. The Kier molecular flexibility index (Phi) is 5.43. The summed E-state index contributed by atoms with van der Waals surface area (Å²) in [5.74, 6) is 1.35. The second-order valence-corrected chi connectivity index (χ2v) is 7.42. The van der Waals surface area contributed by atoms with E-state index in [9.17, 15) is 4.79 Å². The topological polar surface area (TPSA) is 69.4 Å². The lowest BCUT2D eigenvalue weighted by Gasteiger charge is -2.05. The Morgan fingerprint density at radius 2 is 2.04 bits per heavy atom. The maximum Gasteiger partial charge on any atom is 0.291 e. The fourth-order valence-corrected chi connectivity index (χ4v) is 3.71. The fraction of sp³-hybridized carbons (Fsp3) is 0.238. The van der Waals surface area contributed by atoms with E-state index in [-0.39, 0.29) is 5.56 Å². The van der Waals surface area contributed by atoms with Gasteiger partial charge in [-0.05, 0) is 42.3 Å². The molecule has 0 bridgehead atoms. The molecule has 7 heteroatoms. The van der Waals surface area contributed by atoms with E-state index in [1.165, 1.54) is 28.7 Å². The minimum atomic E-state index is -0.164. The van der Waals surface area contributed by atoms with E-state index in [1.807, 2.05) is 42.5 Å². The maximum atomic E-state index is 12.6. The average Bonchev–Trinajstić information content (AvgIpc) is 3.27. The third-order valence-corrected chi connectivity index (χ3v) is 5.26. The average molecular weight is 392 g/mol. The van der Waals surface area contributed by atoms with Crippen LogP contribution in [0.3, 0.4) is 0 Å². The van der Waals surface area contributed by atoms with Crippen molar-refractivity contribution < 1.29 is 4.74 Å². The molecule has 4 rings (SSSR count). The van der Waals surface area contributed by atoms with Crippen molar-refractivity contribution in [1.29, 1.82) is 0 Å². The molecule has 3 heterocycles. The van der Waals surface area contributed by atoms with Gasteiger partial charge in [0.05, 0.1) is 11.1 Å². The Morgan fingerprint density at radius 1 is 1.18 bits per heavy atom. The van der Waals surface area contributed by atoms with Gasteiger partial charge in [0, 0.05) is 18.0 Å². The Bertz CT molecular complexity index is 1170. The number of aromatic nitrogens is 4. The standard InChI is InChI=1S/C21H20N4O2S/c1-2-3-4-12-27-17-9-7-15(8-10-17)13-18-20(26)25-21(28-18)23-19(24-25)16-6-5-11-22-14-16/h5-11,13-14H,2-4,12H2,1H3/b18-13-. The molecule has 6 nitrogen and oxygen atoms in total. The van der Waals surface area contributed by atoms with E-state index in [1.54, 1.807) is 12.4 Å². The largest absolute Gasteiger partial charge is 0.494 e. The Balaban J connectivity index is 1.55. The molecule has 0 amide bonds. The molecular weight excluding hydrogens is 372 g/mol. The summed E-state index contributed by atoms with van der Waals surface area (Å²) in [5, 5.41) is 4.33. The van der Waals surface area contributed by atoms with Gasteiger partial charge >= 0.3 is 0 Å². The summed E-state index contributed by atoms with van der Waals surface area (Å²) in [5.41, 5.74) is 1.57. The summed E-state index contributed by atoms with van der Waals surface area (Å²) in [6.45, 7) is 2.90. The van der Waals surface area contributed by atoms with Gasteiger partial charge in [-0.1, -0.05) is 43.2 Å². The van der Waals surface area contributed by atoms with Crippen LogP contribution in [-0.4, -0.2) is 26.2 Å². The van der Waals surface area contributed by atoms with Crippen LogP contribution in [0.25, 0.3) is 22.4 Å². The lowest BCUT2D eigenvalue weighted by Crippen LogP contribution is -2.23. The Morgan fingerprint density at radius 3 is 2.75 bits per heavy atom. The maximum absolute atomic E-state index is 12.6. The summed E-state index contributed by atoms with van der Waals surface area (Å²) < 4.78 is 7.68. The first-order valence-corrected chi connectivity index (χ1v) is 10.1. The van der Waals surface area contributed by atoms with Crippen LogP contribution in [0.15, 0.2) is 53.6 Å². The van der Waals surface area contributed by atoms with E-state index < -0.39 is 0 Å². The van der Waals surface area contributed by atoms with E-state index in [4.69, 9.17) is 4.74 Å². The third-order valence-electron chi connectivity index (χ3n) is 4.30. The summed E-state index contributed by atoms with van der Waals surface area (Å²) in [6.07, 6.45) is 8.64. The summed E-state index contributed by atoms with van der Waals surface area (Å²) in [7, 11) is 0. The number of fused-ring (bicyclic) bond motifs is 1. The van der Waals surface area contributed by atoms with Crippen molar-refractivity contribution in [3.63, 3.8) is 0 Å². The summed E-state index contributed by atoms with van der Waals surface area (Å²) in [6, 6.07) is 11.4. The SMILES string of the molecule is CCCCCOc1ccc(/C=c2\sc3nc(-c4cccnc4)nn3c2=O)cc1. The molecule has 28 heavy (non-hydrogen) atoms. The van der Waals surface area contributed by atoms with Crippen LogP contribution in [0.1, 0.15) is 31.7 Å². The van der Waals surface area contributed by atoms with Crippen LogP contribution in [-0.2, 0) is 0 Å². The smallest absolute Gasteiger partial charge is 0.291 e. The van der Waals surface area contributed by atoms with Crippen LogP contribution in [0.2, 0.25) is 0 Å². The van der Waals surface area contributed by atoms with Crippen molar-refractivity contribution in [2.75, 3.05) is 6.61 Å². The van der Waals surface area contributed by atoms with Crippen LogP contribution in [0.4, 0.5) is 0 Å². The Labute approximate surface area is 166 Å². The van der Waals surface area contributed by atoms with Crippen LogP contribution in [0, 0.1) is 0 Å². The number of rotatable bonds is 7. The van der Waals surface area contributed by atoms with Crippen molar-refractivity contribution in [2.45, 2.75) is 26.2 Å². The molecular formula is C21H20N4O2S. The number of ether oxygens (including phenoxy) is 1. The quantitative estimate of drug-likeness (QED) is 0.451. The van der Waals surface area contributed by atoms with Crippen LogP contribution >= 0.6 is 11.3 Å². The lowest BCUT2D eigenvalue weighted by atomic mass is 10.2. The molecule has 0 atom stereocenters. The van der Waals surface area contributed by atoms with Gasteiger partial charge < -0.3 is 4.74 Å². The lowest BCUT2D eigenvalue weighted by molar-refractivity contribution is 0.306. The highest BCUT2D eigenvalue weighted by atomic mass is 32.1. The second kappa shape index (κ2) is 8.31. The molecule has 0 saturated heterocycles. The number of benzene rings is 1. The molecule has 0 unspecified atom stereocenters. The van der Waals surface area contributed by atoms with Gasteiger partial charge in [-0.2, -0.15) is 9.50 Å². The second-order valence-electron chi connectivity index (χ2n) is 6.41. The van der Waals surface area contributed by atoms with Gasteiger partial charge in [0.25, 0.3) is 5.56 Å². The van der Waals surface area contributed by atoms with Crippen molar-refractivity contribution in [3.05, 3.63) is 69.2 Å². The molecule has 0 fully saturated rings. The number of unbranched alkanes of at least 4 members (excludes halogenated alkanes) is 2. The predicted octanol–water partition coefficient (Wildman–Crippen LogP) is 3.33. The molecule has 0 aliphatic heterocycles. The van der Waals surface area contributed by atoms with E-state index in [0.29, 0.717) is 15.3 Å². The van der Waals surface area contributed by atoms with Gasteiger partial charge in [0.15, 0.2) is 5.82 Å². The van der Waals surface area contributed by atoms with Crippen LogP contribution in [0.5, 0.6) is 5.75 Å². The molecule has 142 valence electrons. The number of hydrogen-bond donors (Lipinski definition) is 0. The minimum Gasteiger partial charge on any atom is -0.494 e. The van der Waals surface area contributed by atoms with Crippen molar-refractivity contribution in [3.8, 4) is 17.1 Å². The monoisotopic (exact) mass is 392 g/mol. The zero-order chi connectivity index (χ0) is 19.3. The van der Waals surface area contributed by atoms with Gasteiger partial charge in [0.2, 0.25) is 4.96 Å². The zero-order valence-corrected chi connectivity index (χ0v) is 16.4. The molecule has 0 aliphatic carbocycles.